The Morgan fingerprint density at radius 1 is 1.12 bits per heavy atom. The predicted molar refractivity (Wildman–Crippen MR) is 97.7 cm³/mol. The van der Waals surface area contributed by atoms with Crippen LogP contribution in [0.4, 0.5) is 5.95 Å². The second kappa shape index (κ2) is 6.01. The molecule has 1 aliphatic heterocycles. The first kappa shape index (κ1) is 15.8. The molecule has 128 valence electrons. The van der Waals surface area contributed by atoms with Crippen LogP contribution in [0, 0.1) is 6.92 Å². The maximum atomic E-state index is 12.9. The highest BCUT2D eigenvalue weighted by molar-refractivity contribution is 5.98. The van der Waals surface area contributed by atoms with Gasteiger partial charge in [0.05, 0.1) is 11.0 Å². The van der Waals surface area contributed by atoms with Crippen LogP contribution in [0.2, 0.25) is 0 Å². The quantitative estimate of drug-likeness (QED) is 0.801. The van der Waals surface area contributed by atoms with Gasteiger partial charge >= 0.3 is 0 Å². The number of rotatable bonds is 3. The highest BCUT2D eigenvalue weighted by Gasteiger charge is 2.34. The Labute approximate surface area is 146 Å². The van der Waals surface area contributed by atoms with E-state index in [0.717, 1.165) is 22.2 Å². The SMILES string of the molecule is Cc1ccc(C(C)C(O)C(=O)N2CCn3c2nc2ccccc23)cc1. The zero-order chi connectivity index (χ0) is 17.6. The van der Waals surface area contributed by atoms with Gasteiger partial charge in [0.2, 0.25) is 5.95 Å². The number of imidazole rings is 1. The third kappa shape index (κ3) is 2.61. The lowest BCUT2D eigenvalue weighted by atomic mass is 9.94. The van der Waals surface area contributed by atoms with Crippen LogP contribution in [0.25, 0.3) is 11.0 Å². The molecule has 0 spiro atoms. The Morgan fingerprint density at radius 2 is 1.84 bits per heavy atom. The number of nitrogens with zero attached hydrogens (tertiary/aromatic N) is 3. The lowest BCUT2D eigenvalue weighted by molar-refractivity contribution is -0.127. The number of carbonyl (C=O) groups is 1. The second-order valence-corrected chi connectivity index (χ2v) is 6.69. The van der Waals surface area contributed by atoms with E-state index in [0.29, 0.717) is 19.0 Å². The molecule has 0 aliphatic carbocycles. The molecular formula is C20H21N3O2. The summed E-state index contributed by atoms with van der Waals surface area (Å²) in [6.07, 6.45) is -1.09. The average Bonchev–Trinajstić information content (AvgIpc) is 3.19. The molecule has 0 saturated carbocycles. The molecule has 2 atom stereocenters. The number of para-hydroxylation sites is 2. The number of hydrogen-bond donors (Lipinski definition) is 1. The fraction of sp³-hybridized carbons (Fsp3) is 0.300. The summed E-state index contributed by atoms with van der Waals surface area (Å²) in [4.78, 5) is 19.1. The fourth-order valence-corrected chi connectivity index (χ4v) is 3.42. The fourth-order valence-electron chi connectivity index (χ4n) is 3.42. The molecule has 1 amide bonds. The van der Waals surface area contributed by atoms with Gasteiger partial charge in [-0.3, -0.25) is 9.69 Å². The minimum Gasteiger partial charge on any atom is -0.383 e. The molecule has 0 saturated heterocycles. The Hall–Kier alpha value is -2.66. The predicted octanol–water partition coefficient (Wildman–Crippen LogP) is 2.86. The molecule has 1 N–H and O–H groups in total. The van der Waals surface area contributed by atoms with E-state index in [2.05, 4.69) is 4.98 Å². The molecule has 3 aromatic rings. The number of carbonyl (C=O) groups excluding carboxylic acids is 1. The first-order chi connectivity index (χ1) is 12.1. The van der Waals surface area contributed by atoms with Crippen LogP contribution in [0.1, 0.15) is 24.0 Å². The van der Waals surface area contributed by atoms with E-state index < -0.39 is 6.10 Å². The molecule has 5 heteroatoms. The van der Waals surface area contributed by atoms with Gasteiger partial charge in [-0.05, 0) is 24.6 Å². The number of anilines is 1. The maximum Gasteiger partial charge on any atom is 0.258 e. The van der Waals surface area contributed by atoms with E-state index in [4.69, 9.17) is 0 Å². The second-order valence-electron chi connectivity index (χ2n) is 6.69. The third-order valence-corrected chi connectivity index (χ3v) is 5.02. The normalized spacial score (nSPS) is 16.0. The van der Waals surface area contributed by atoms with Gasteiger partial charge < -0.3 is 9.67 Å². The number of aryl methyl sites for hydroxylation is 1. The van der Waals surface area contributed by atoms with Gasteiger partial charge in [0.15, 0.2) is 0 Å². The number of aliphatic hydroxyl groups is 1. The Kier molecular flexibility index (Phi) is 3.81. The van der Waals surface area contributed by atoms with Crippen molar-refractivity contribution in [3.05, 3.63) is 59.7 Å². The van der Waals surface area contributed by atoms with Crippen molar-refractivity contribution in [2.24, 2.45) is 0 Å². The molecule has 0 bridgehead atoms. The highest BCUT2D eigenvalue weighted by Crippen LogP contribution is 2.29. The minimum absolute atomic E-state index is 0.272. The van der Waals surface area contributed by atoms with Crippen LogP contribution in [0.5, 0.6) is 0 Å². The van der Waals surface area contributed by atoms with Crippen molar-refractivity contribution >= 4 is 22.9 Å². The largest absolute Gasteiger partial charge is 0.383 e. The van der Waals surface area contributed by atoms with E-state index in [-0.39, 0.29) is 11.8 Å². The van der Waals surface area contributed by atoms with Crippen molar-refractivity contribution in [2.75, 3.05) is 11.4 Å². The minimum atomic E-state index is -1.09. The maximum absolute atomic E-state index is 12.9. The van der Waals surface area contributed by atoms with E-state index in [1.165, 1.54) is 0 Å². The molecule has 5 nitrogen and oxygen atoms in total. The summed E-state index contributed by atoms with van der Waals surface area (Å²) in [5.41, 5.74) is 4.01. The van der Waals surface area contributed by atoms with E-state index >= 15 is 0 Å². The Morgan fingerprint density at radius 3 is 2.60 bits per heavy atom. The van der Waals surface area contributed by atoms with Crippen LogP contribution >= 0.6 is 0 Å². The standard InChI is InChI=1S/C20H21N3O2/c1-13-7-9-15(10-8-13)14(2)18(24)19(25)23-12-11-22-17-6-4-3-5-16(17)21-20(22)23/h3-10,14,18,24H,11-12H2,1-2H3. The van der Waals surface area contributed by atoms with Gasteiger partial charge in [-0.25, -0.2) is 4.98 Å². The number of fused-ring (bicyclic) bond motifs is 3. The number of aromatic nitrogens is 2. The lowest BCUT2D eigenvalue weighted by Crippen LogP contribution is -2.41. The van der Waals surface area contributed by atoms with E-state index in [9.17, 15) is 9.90 Å². The van der Waals surface area contributed by atoms with Crippen molar-refractivity contribution < 1.29 is 9.90 Å². The van der Waals surface area contributed by atoms with Gasteiger partial charge in [-0.1, -0.05) is 48.9 Å². The van der Waals surface area contributed by atoms with Gasteiger partial charge in [-0.15, -0.1) is 0 Å². The highest BCUT2D eigenvalue weighted by atomic mass is 16.3. The average molecular weight is 335 g/mol. The molecule has 1 aromatic heterocycles. The molecular weight excluding hydrogens is 314 g/mol. The van der Waals surface area contributed by atoms with Gasteiger partial charge in [0, 0.05) is 19.0 Å². The summed E-state index contributed by atoms with van der Waals surface area (Å²) in [5, 5.41) is 10.6. The van der Waals surface area contributed by atoms with Crippen molar-refractivity contribution in [3.63, 3.8) is 0 Å². The summed E-state index contributed by atoms with van der Waals surface area (Å²) < 4.78 is 2.04. The van der Waals surface area contributed by atoms with Crippen LogP contribution in [0.15, 0.2) is 48.5 Å². The molecule has 4 rings (SSSR count). The van der Waals surface area contributed by atoms with Crippen LogP contribution < -0.4 is 4.90 Å². The first-order valence-corrected chi connectivity index (χ1v) is 8.57. The van der Waals surface area contributed by atoms with Gasteiger partial charge in [0.1, 0.15) is 6.10 Å². The van der Waals surface area contributed by atoms with Crippen molar-refractivity contribution in [2.45, 2.75) is 32.4 Å². The summed E-state index contributed by atoms with van der Waals surface area (Å²) in [6.45, 7) is 5.15. The van der Waals surface area contributed by atoms with Crippen LogP contribution in [-0.4, -0.2) is 33.2 Å². The van der Waals surface area contributed by atoms with Crippen molar-refractivity contribution in [3.8, 4) is 0 Å². The van der Waals surface area contributed by atoms with E-state index in [1.807, 2.05) is 66.9 Å². The first-order valence-electron chi connectivity index (χ1n) is 8.57. The lowest BCUT2D eigenvalue weighted by Gasteiger charge is -2.23. The summed E-state index contributed by atoms with van der Waals surface area (Å²) in [6, 6.07) is 15.8. The number of amides is 1. The summed E-state index contributed by atoms with van der Waals surface area (Å²) >= 11 is 0. The zero-order valence-corrected chi connectivity index (χ0v) is 14.4. The van der Waals surface area contributed by atoms with E-state index in [1.54, 1.807) is 4.90 Å². The monoisotopic (exact) mass is 335 g/mol. The topological polar surface area (TPSA) is 58.4 Å². The third-order valence-electron chi connectivity index (χ3n) is 5.02. The van der Waals surface area contributed by atoms with Crippen LogP contribution in [-0.2, 0) is 11.3 Å². The zero-order valence-electron chi connectivity index (χ0n) is 14.4. The molecule has 0 fully saturated rings. The Bertz CT molecular complexity index is 930. The molecule has 2 heterocycles. The molecule has 1 aliphatic rings. The van der Waals surface area contributed by atoms with Gasteiger partial charge in [-0.2, -0.15) is 0 Å². The number of benzene rings is 2. The molecule has 2 aromatic carbocycles. The van der Waals surface area contributed by atoms with Gasteiger partial charge in [0.25, 0.3) is 5.91 Å². The number of aliphatic hydroxyl groups excluding tert-OH is 1. The summed E-state index contributed by atoms with van der Waals surface area (Å²) in [7, 11) is 0. The molecule has 2 unspecified atom stereocenters. The number of hydrogen-bond acceptors (Lipinski definition) is 3. The molecule has 25 heavy (non-hydrogen) atoms. The van der Waals surface area contributed by atoms with Crippen molar-refractivity contribution in [1.82, 2.24) is 9.55 Å². The molecule has 0 radical (unpaired) electrons. The summed E-state index contributed by atoms with van der Waals surface area (Å²) in [5.74, 6) is 0.0648. The van der Waals surface area contributed by atoms with Crippen molar-refractivity contribution in [1.29, 1.82) is 0 Å². The van der Waals surface area contributed by atoms with Crippen LogP contribution in [0.3, 0.4) is 0 Å². The smallest absolute Gasteiger partial charge is 0.258 e. The Balaban J connectivity index is 1.61.